The monoisotopic (exact) mass is 223 g/mol. The lowest BCUT2D eigenvalue weighted by Gasteiger charge is -2.23. The molecular formula is C13H18FNO. The van der Waals surface area contributed by atoms with Gasteiger partial charge in [0.25, 0.3) is 0 Å². The van der Waals surface area contributed by atoms with Gasteiger partial charge in [0.05, 0.1) is 6.10 Å². The summed E-state index contributed by atoms with van der Waals surface area (Å²) in [5, 5.41) is 13.6. The summed E-state index contributed by atoms with van der Waals surface area (Å²) in [4.78, 5) is 0. The highest BCUT2D eigenvalue weighted by Gasteiger charge is 2.34. The highest BCUT2D eigenvalue weighted by atomic mass is 19.1. The molecule has 0 amide bonds. The number of rotatable bonds is 2. The van der Waals surface area contributed by atoms with Gasteiger partial charge in [-0.15, -0.1) is 0 Å². The number of aliphatic hydroxyl groups excluding tert-OH is 1. The lowest BCUT2D eigenvalue weighted by molar-refractivity contribution is 0.131. The predicted molar refractivity (Wildman–Crippen MR) is 61.6 cm³/mol. The van der Waals surface area contributed by atoms with Gasteiger partial charge in [0.15, 0.2) is 0 Å². The number of nitrogens with one attached hydrogen (secondary N) is 1. The van der Waals surface area contributed by atoms with Gasteiger partial charge in [-0.1, -0.05) is 12.1 Å². The van der Waals surface area contributed by atoms with Crippen molar-refractivity contribution >= 4 is 0 Å². The molecule has 1 aliphatic rings. The molecule has 2 rings (SSSR count). The van der Waals surface area contributed by atoms with Gasteiger partial charge in [0.1, 0.15) is 5.82 Å². The first-order chi connectivity index (χ1) is 7.48. The average Bonchev–Trinajstić information content (AvgIpc) is 2.59. The summed E-state index contributed by atoms with van der Waals surface area (Å²) in [5.74, 6) is -0.268. The number of aliphatic hydroxyl groups is 1. The van der Waals surface area contributed by atoms with E-state index >= 15 is 0 Å². The summed E-state index contributed by atoms with van der Waals surface area (Å²) in [6.45, 7) is 4.26. The summed E-state index contributed by atoms with van der Waals surface area (Å²) in [6.07, 6.45) is 1.45. The topological polar surface area (TPSA) is 32.3 Å². The molecule has 1 aromatic carbocycles. The second kappa shape index (κ2) is 4.15. The van der Waals surface area contributed by atoms with Crippen molar-refractivity contribution in [2.75, 3.05) is 0 Å². The van der Waals surface area contributed by atoms with Crippen LogP contribution in [0.1, 0.15) is 38.4 Å². The molecule has 0 aliphatic carbocycles. The Bertz CT molecular complexity index is 361. The van der Waals surface area contributed by atoms with Crippen molar-refractivity contribution in [2.24, 2.45) is 0 Å². The SMILES string of the molecule is CC1(C)CC[C@H]([C@@H](O)c2ccc(F)cc2)N1. The van der Waals surface area contributed by atoms with Crippen molar-refractivity contribution in [3.05, 3.63) is 35.6 Å². The van der Waals surface area contributed by atoms with Crippen LogP contribution < -0.4 is 5.32 Å². The molecule has 2 nitrogen and oxygen atoms in total. The molecule has 1 aromatic rings. The van der Waals surface area contributed by atoms with Crippen LogP contribution in [0.3, 0.4) is 0 Å². The van der Waals surface area contributed by atoms with Crippen molar-refractivity contribution in [2.45, 2.75) is 44.4 Å². The van der Waals surface area contributed by atoms with Gasteiger partial charge in [0.2, 0.25) is 0 Å². The van der Waals surface area contributed by atoms with Crippen LogP contribution in [0.25, 0.3) is 0 Å². The van der Waals surface area contributed by atoms with Crippen molar-refractivity contribution < 1.29 is 9.50 Å². The van der Waals surface area contributed by atoms with Crippen molar-refractivity contribution in [1.82, 2.24) is 5.32 Å². The fourth-order valence-electron chi connectivity index (χ4n) is 2.29. The van der Waals surface area contributed by atoms with E-state index in [-0.39, 0.29) is 17.4 Å². The average molecular weight is 223 g/mol. The molecule has 1 saturated heterocycles. The molecule has 0 radical (unpaired) electrons. The Morgan fingerprint density at radius 2 is 2.00 bits per heavy atom. The van der Waals surface area contributed by atoms with E-state index in [0.717, 1.165) is 18.4 Å². The van der Waals surface area contributed by atoms with E-state index in [4.69, 9.17) is 0 Å². The molecule has 1 aliphatic heterocycles. The zero-order valence-electron chi connectivity index (χ0n) is 9.70. The maximum atomic E-state index is 12.8. The van der Waals surface area contributed by atoms with Crippen LogP contribution in [0.5, 0.6) is 0 Å². The molecule has 16 heavy (non-hydrogen) atoms. The van der Waals surface area contributed by atoms with Crippen LogP contribution in [0.15, 0.2) is 24.3 Å². The number of hydrogen-bond acceptors (Lipinski definition) is 2. The molecule has 0 spiro atoms. The second-order valence-corrected chi connectivity index (χ2v) is 5.17. The first-order valence-corrected chi connectivity index (χ1v) is 5.69. The largest absolute Gasteiger partial charge is 0.387 e. The van der Waals surface area contributed by atoms with Crippen LogP contribution in [0.4, 0.5) is 4.39 Å². The molecule has 0 aromatic heterocycles. The Kier molecular flexibility index (Phi) is 3.00. The predicted octanol–water partition coefficient (Wildman–Crippen LogP) is 2.39. The normalized spacial score (nSPS) is 25.6. The molecular weight excluding hydrogens is 205 g/mol. The molecule has 0 unspecified atom stereocenters. The maximum absolute atomic E-state index is 12.8. The van der Waals surface area contributed by atoms with Crippen LogP contribution in [-0.2, 0) is 0 Å². The summed E-state index contributed by atoms with van der Waals surface area (Å²) < 4.78 is 12.8. The highest BCUT2D eigenvalue weighted by molar-refractivity contribution is 5.20. The van der Waals surface area contributed by atoms with Crippen LogP contribution in [0, 0.1) is 5.82 Å². The second-order valence-electron chi connectivity index (χ2n) is 5.17. The van der Waals surface area contributed by atoms with Crippen LogP contribution in [-0.4, -0.2) is 16.7 Å². The van der Waals surface area contributed by atoms with E-state index in [0.29, 0.717) is 0 Å². The van der Waals surface area contributed by atoms with E-state index in [1.807, 2.05) is 0 Å². The molecule has 3 heteroatoms. The van der Waals surface area contributed by atoms with Gasteiger partial charge in [-0.05, 0) is 44.4 Å². The molecule has 2 atom stereocenters. The zero-order valence-corrected chi connectivity index (χ0v) is 9.70. The molecule has 88 valence electrons. The third-order valence-corrected chi connectivity index (χ3v) is 3.25. The summed E-state index contributed by atoms with van der Waals surface area (Å²) in [7, 11) is 0. The van der Waals surface area contributed by atoms with Gasteiger partial charge in [0, 0.05) is 11.6 Å². The first-order valence-electron chi connectivity index (χ1n) is 5.69. The molecule has 0 saturated carbocycles. The number of hydrogen-bond donors (Lipinski definition) is 2. The number of halogens is 1. The van der Waals surface area contributed by atoms with E-state index < -0.39 is 6.10 Å². The fourth-order valence-corrected chi connectivity index (χ4v) is 2.29. The summed E-state index contributed by atoms with van der Waals surface area (Å²) in [5.41, 5.74) is 0.864. The Hall–Kier alpha value is -0.930. The molecule has 2 N–H and O–H groups in total. The number of benzene rings is 1. The van der Waals surface area contributed by atoms with E-state index in [1.54, 1.807) is 12.1 Å². The molecule has 0 bridgehead atoms. The Morgan fingerprint density at radius 3 is 2.50 bits per heavy atom. The highest BCUT2D eigenvalue weighted by Crippen LogP contribution is 2.30. The van der Waals surface area contributed by atoms with E-state index in [2.05, 4.69) is 19.2 Å². The Morgan fingerprint density at radius 1 is 1.38 bits per heavy atom. The molecule has 1 heterocycles. The quantitative estimate of drug-likeness (QED) is 0.807. The van der Waals surface area contributed by atoms with Crippen LogP contribution >= 0.6 is 0 Å². The van der Waals surface area contributed by atoms with Gasteiger partial charge >= 0.3 is 0 Å². The fraction of sp³-hybridized carbons (Fsp3) is 0.538. The molecule has 1 fully saturated rings. The summed E-state index contributed by atoms with van der Waals surface area (Å²) in [6, 6.07) is 6.14. The maximum Gasteiger partial charge on any atom is 0.123 e. The standard InChI is InChI=1S/C13H18FNO/c1-13(2)8-7-11(15-13)12(16)9-3-5-10(14)6-4-9/h3-6,11-12,15-16H,7-8H2,1-2H3/t11-,12+/m1/s1. The van der Waals surface area contributed by atoms with Gasteiger partial charge in [-0.3, -0.25) is 0 Å². The minimum Gasteiger partial charge on any atom is -0.387 e. The third-order valence-electron chi connectivity index (χ3n) is 3.25. The van der Waals surface area contributed by atoms with Crippen molar-refractivity contribution in [3.8, 4) is 0 Å². The van der Waals surface area contributed by atoms with E-state index in [9.17, 15) is 9.50 Å². The first kappa shape index (κ1) is 11.6. The smallest absolute Gasteiger partial charge is 0.123 e. The van der Waals surface area contributed by atoms with Gasteiger partial charge < -0.3 is 10.4 Å². The Balaban J connectivity index is 2.08. The minimum atomic E-state index is -0.553. The lowest BCUT2D eigenvalue weighted by Crippen LogP contribution is -2.40. The van der Waals surface area contributed by atoms with Crippen LogP contribution in [0.2, 0.25) is 0 Å². The van der Waals surface area contributed by atoms with Gasteiger partial charge in [-0.25, -0.2) is 4.39 Å². The van der Waals surface area contributed by atoms with E-state index in [1.165, 1.54) is 12.1 Å². The Labute approximate surface area is 95.5 Å². The summed E-state index contributed by atoms with van der Waals surface area (Å²) >= 11 is 0. The van der Waals surface area contributed by atoms with Gasteiger partial charge in [-0.2, -0.15) is 0 Å². The van der Waals surface area contributed by atoms with Crippen molar-refractivity contribution in [3.63, 3.8) is 0 Å². The zero-order chi connectivity index (χ0) is 11.8. The third kappa shape index (κ3) is 2.42. The lowest BCUT2D eigenvalue weighted by atomic mass is 10.0. The minimum absolute atomic E-state index is 0.0699. The van der Waals surface area contributed by atoms with Crippen molar-refractivity contribution in [1.29, 1.82) is 0 Å².